The molecule has 23 heavy (non-hydrogen) atoms. The fraction of sp³-hybridized carbons (Fsp3) is 0. The minimum atomic E-state index is -0.563. The van der Waals surface area contributed by atoms with Crippen LogP contribution in [0, 0.1) is 0 Å². The third-order valence-electron chi connectivity index (χ3n) is 3.36. The van der Waals surface area contributed by atoms with Crippen LogP contribution in [0.25, 0.3) is 10.8 Å². The molecule has 0 amide bonds. The van der Waals surface area contributed by atoms with Crippen LogP contribution >= 0.6 is 11.6 Å². The lowest BCUT2D eigenvalue weighted by Crippen LogP contribution is -2.15. The van der Waals surface area contributed by atoms with E-state index in [1.54, 1.807) is 36.4 Å². The number of rotatable bonds is 3. The molecule has 3 aromatic rings. The molecule has 0 heterocycles. The van der Waals surface area contributed by atoms with Crippen LogP contribution < -0.4 is 5.73 Å². The summed E-state index contributed by atoms with van der Waals surface area (Å²) in [6, 6.07) is 19.8. The molecule has 0 saturated heterocycles. The number of carbonyl (C=O) groups excluding carboxylic acids is 1. The number of hydrogen-bond donors (Lipinski definition) is 1. The zero-order valence-electron chi connectivity index (χ0n) is 12.1. The van der Waals surface area contributed by atoms with E-state index in [1.807, 2.05) is 30.3 Å². The van der Waals surface area contributed by atoms with Crippen molar-refractivity contribution < 1.29 is 9.63 Å². The van der Waals surface area contributed by atoms with Gasteiger partial charge in [0, 0.05) is 10.6 Å². The first-order chi connectivity index (χ1) is 11.1. The van der Waals surface area contributed by atoms with Gasteiger partial charge in [0.25, 0.3) is 0 Å². The van der Waals surface area contributed by atoms with Crippen LogP contribution in [-0.4, -0.2) is 11.8 Å². The minimum absolute atomic E-state index is 0.0843. The third kappa shape index (κ3) is 3.33. The Morgan fingerprint density at radius 1 is 1.00 bits per heavy atom. The van der Waals surface area contributed by atoms with E-state index >= 15 is 0 Å². The predicted octanol–water partition coefficient (Wildman–Crippen LogP) is 3.97. The molecule has 4 nitrogen and oxygen atoms in total. The molecule has 0 atom stereocenters. The van der Waals surface area contributed by atoms with E-state index in [9.17, 15) is 4.79 Å². The number of nitrogens with zero attached hydrogens (tertiary/aromatic N) is 1. The number of amidine groups is 1. The molecule has 5 heteroatoms. The van der Waals surface area contributed by atoms with Crippen molar-refractivity contribution in [3.05, 3.63) is 82.9 Å². The Morgan fingerprint density at radius 2 is 1.74 bits per heavy atom. The van der Waals surface area contributed by atoms with Crippen molar-refractivity contribution in [2.75, 3.05) is 0 Å². The maximum Gasteiger partial charge on any atom is 0.366 e. The largest absolute Gasteiger partial charge is 0.380 e. The summed E-state index contributed by atoms with van der Waals surface area (Å²) in [6.45, 7) is 0. The van der Waals surface area contributed by atoms with E-state index in [4.69, 9.17) is 22.2 Å². The summed E-state index contributed by atoms with van der Waals surface area (Å²) in [7, 11) is 0. The first-order valence-corrected chi connectivity index (χ1v) is 7.31. The van der Waals surface area contributed by atoms with E-state index in [1.165, 1.54) is 0 Å². The lowest BCUT2D eigenvalue weighted by molar-refractivity contribution is 0.0518. The van der Waals surface area contributed by atoms with Gasteiger partial charge in [0.05, 0.1) is 5.56 Å². The number of carbonyl (C=O) groups is 1. The second-order valence-electron chi connectivity index (χ2n) is 4.89. The summed E-state index contributed by atoms with van der Waals surface area (Å²) in [5.74, 6) is -0.479. The van der Waals surface area contributed by atoms with Gasteiger partial charge < -0.3 is 10.6 Å². The highest BCUT2D eigenvalue weighted by Crippen LogP contribution is 2.19. The molecule has 0 fully saturated rings. The SMILES string of the molecule is N/C(=N/OC(=O)c1cccc2ccccc12)c1cccc(Cl)c1. The highest BCUT2D eigenvalue weighted by atomic mass is 35.5. The normalized spacial score (nSPS) is 11.4. The molecule has 0 bridgehead atoms. The zero-order chi connectivity index (χ0) is 16.2. The van der Waals surface area contributed by atoms with Crippen molar-refractivity contribution in [1.29, 1.82) is 0 Å². The van der Waals surface area contributed by atoms with Gasteiger partial charge in [0.2, 0.25) is 0 Å². The third-order valence-corrected chi connectivity index (χ3v) is 3.59. The van der Waals surface area contributed by atoms with Gasteiger partial charge in [-0.1, -0.05) is 65.3 Å². The Morgan fingerprint density at radius 3 is 2.57 bits per heavy atom. The van der Waals surface area contributed by atoms with E-state index in [-0.39, 0.29) is 5.84 Å². The van der Waals surface area contributed by atoms with Crippen molar-refractivity contribution in [3.8, 4) is 0 Å². The van der Waals surface area contributed by atoms with Crippen LogP contribution in [0.3, 0.4) is 0 Å². The second-order valence-corrected chi connectivity index (χ2v) is 5.33. The highest BCUT2D eigenvalue weighted by Gasteiger charge is 2.11. The molecule has 0 spiro atoms. The maximum absolute atomic E-state index is 12.3. The van der Waals surface area contributed by atoms with Gasteiger partial charge in [-0.15, -0.1) is 0 Å². The molecule has 0 unspecified atom stereocenters. The van der Waals surface area contributed by atoms with Gasteiger partial charge >= 0.3 is 5.97 Å². The first kappa shape index (κ1) is 15.1. The molecule has 0 aliphatic rings. The molecular weight excluding hydrogens is 312 g/mol. The smallest absolute Gasteiger partial charge is 0.366 e. The van der Waals surface area contributed by atoms with E-state index in [0.717, 1.165) is 10.8 Å². The fourth-order valence-corrected chi connectivity index (χ4v) is 2.43. The molecule has 0 aliphatic carbocycles. The summed E-state index contributed by atoms with van der Waals surface area (Å²) in [5.41, 5.74) is 6.84. The lowest BCUT2D eigenvalue weighted by Gasteiger charge is -2.04. The minimum Gasteiger partial charge on any atom is -0.380 e. The molecule has 0 aliphatic heterocycles. The van der Waals surface area contributed by atoms with E-state index in [2.05, 4.69) is 5.16 Å². The lowest BCUT2D eigenvalue weighted by atomic mass is 10.1. The molecular formula is C18H13ClN2O2. The van der Waals surface area contributed by atoms with Crippen LogP contribution in [-0.2, 0) is 4.84 Å². The van der Waals surface area contributed by atoms with Crippen molar-refractivity contribution in [1.82, 2.24) is 0 Å². The van der Waals surface area contributed by atoms with Crippen LogP contribution in [0.1, 0.15) is 15.9 Å². The Balaban J connectivity index is 1.85. The summed E-state index contributed by atoms with van der Waals surface area (Å²) in [6.07, 6.45) is 0. The van der Waals surface area contributed by atoms with Crippen molar-refractivity contribution in [3.63, 3.8) is 0 Å². The topological polar surface area (TPSA) is 64.7 Å². The summed E-state index contributed by atoms with van der Waals surface area (Å²) < 4.78 is 0. The molecule has 0 radical (unpaired) electrons. The van der Waals surface area contributed by atoms with Crippen molar-refractivity contribution >= 4 is 34.2 Å². The quantitative estimate of drug-likeness (QED) is 0.343. The average Bonchev–Trinajstić information content (AvgIpc) is 2.59. The van der Waals surface area contributed by atoms with Gasteiger partial charge in [0.15, 0.2) is 5.84 Å². The number of benzene rings is 3. The Hall–Kier alpha value is -2.85. The molecule has 0 saturated carbocycles. The van der Waals surface area contributed by atoms with Crippen LogP contribution in [0.4, 0.5) is 0 Å². The Bertz CT molecular complexity index is 901. The average molecular weight is 325 g/mol. The number of halogens is 1. The number of nitrogens with two attached hydrogens (primary N) is 1. The molecule has 0 aromatic heterocycles. The molecule has 2 N–H and O–H groups in total. The van der Waals surface area contributed by atoms with Gasteiger partial charge in [-0.25, -0.2) is 4.79 Å². The number of hydrogen-bond acceptors (Lipinski definition) is 3. The van der Waals surface area contributed by atoms with Crippen LogP contribution in [0.15, 0.2) is 71.9 Å². The second kappa shape index (κ2) is 6.50. The fourth-order valence-electron chi connectivity index (χ4n) is 2.24. The van der Waals surface area contributed by atoms with Gasteiger partial charge in [-0.3, -0.25) is 0 Å². The summed E-state index contributed by atoms with van der Waals surface area (Å²) in [5, 5.41) is 5.99. The zero-order valence-corrected chi connectivity index (χ0v) is 12.8. The van der Waals surface area contributed by atoms with Gasteiger partial charge in [0.1, 0.15) is 0 Å². The first-order valence-electron chi connectivity index (χ1n) is 6.93. The summed E-state index contributed by atoms with van der Waals surface area (Å²) >= 11 is 5.89. The van der Waals surface area contributed by atoms with E-state index in [0.29, 0.717) is 16.1 Å². The van der Waals surface area contributed by atoms with Crippen LogP contribution in [0.5, 0.6) is 0 Å². The highest BCUT2D eigenvalue weighted by molar-refractivity contribution is 6.31. The maximum atomic E-state index is 12.3. The summed E-state index contributed by atoms with van der Waals surface area (Å²) in [4.78, 5) is 17.2. The molecule has 3 rings (SSSR count). The molecule has 114 valence electrons. The predicted molar refractivity (Wildman–Crippen MR) is 91.5 cm³/mol. The number of fused-ring (bicyclic) bond motifs is 1. The standard InChI is InChI=1S/C18H13ClN2O2/c19-14-8-3-7-13(11-14)17(20)21-23-18(22)16-10-4-6-12-5-1-2-9-15(12)16/h1-11H,(H2,20,21). The van der Waals surface area contributed by atoms with Gasteiger partial charge in [-0.05, 0) is 29.0 Å². The molecule has 3 aromatic carbocycles. The van der Waals surface area contributed by atoms with E-state index < -0.39 is 5.97 Å². The monoisotopic (exact) mass is 324 g/mol. The Kier molecular flexibility index (Phi) is 4.26. The van der Waals surface area contributed by atoms with Crippen LogP contribution in [0.2, 0.25) is 5.02 Å². The Labute approximate surface area is 138 Å². The van der Waals surface area contributed by atoms with Crippen molar-refractivity contribution in [2.45, 2.75) is 0 Å². The number of oxime groups is 1. The van der Waals surface area contributed by atoms with Crippen molar-refractivity contribution in [2.24, 2.45) is 10.9 Å². The van der Waals surface area contributed by atoms with Gasteiger partial charge in [-0.2, -0.15) is 0 Å².